The lowest BCUT2D eigenvalue weighted by Crippen LogP contribution is -2.69. The molecule has 3 heterocycles. The molecule has 0 radical (unpaired) electrons. The molecule has 15 atom stereocenters. The molecule has 0 spiro atoms. The quantitative estimate of drug-likeness (QED) is 0.114. The predicted molar refractivity (Wildman–Crippen MR) is 206 cm³/mol. The van der Waals surface area contributed by atoms with Crippen molar-refractivity contribution < 1.29 is 129 Å². The molecule has 0 saturated carbocycles. The van der Waals surface area contributed by atoms with Crippen LogP contribution in [0.1, 0.15) is 76.2 Å². The number of esters is 11. The van der Waals surface area contributed by atoms with Gasteiger partial charge in [0.15, 0.2) is 61.4 Å². The normalized spacial score (nSPS) is 31.2. The van der Waals surface area contributed by atoms with Crippen LogP contribution in [0.3, 0.4) is 0 Å². The molecule has 27 nitrogen and oxygen atoms in total. The molecule has 0 aliphatic carbocycles. The summed E-state index contributed by atoms with van der Waals surface area (Å²) < 4.78 is 90.6. The third-order valence-electron chi connectivity index (χ3n) is 9.11. The minimum Gasteiger partial charge on any atom is -0.463 e. The van der Waals surface area contributed by atoms with Gasteiger partial charge in [-0.05, 0) is 0 Å². The lowest BCUT2D eigenvalue weighted by Gasteiger charge is -2.50. The van der Waals surface area contributed by atoms with E-state index in [0.717, 1.165) is 76.2 Å². The monoisotopic (exact) mass is 966 g/mol. The number of ether oxygens (including phenoxy) is 16. The van der Waals surface area contributed by atoms with Crippen LogP contribution in [0, 0.1) is 0 Å². The van der Waals surface area contributed by atoms with Crippen molar-refractivity contribution in [2.75, 3.05) is 19.8 Å². The second-order valence-corrected chi connectivity index (χ2v) is 14.9. The average molecular weight is 967 g/mol. The van der Waals surface area contributed by atoms with Gasteiger partial charge < -0.3 is 75.8 Å². The van der Waals surface area contributed by atoms with E-state index in [9.17, 15) is 52.7 Å². The van der Waals surface area contributed by atoms with E-state index in [0.29, 0.717) is 0 Å². The van der Waals surface area contributed by atoms with Crippen LogP contribution in [0.15, 0.2) is 0 Å². The third-order valence-corrected chi connectivity index (χ3v) is 9.11. The van der Waals surface area contributed by atoms with Crippen LogP contribution in [0.2, 0.25) is 0 Å². The summed E-state index contributed by atoms with van der Waals surface area (Å²) in [6.45, 7) is 8.56. The topological polar surface area (TPSA) is 335 Å². The second-order valence-electron chi connectivity index (χ2n) is 14.9. The fraction of sp³-hybridized carbons (Fsp3) is 0.725. The molecule has 3 saturated heterocycles. The fourth-order valence-electron chi connectivity index (χ4n) is 7.01. The standard InChI is InChI=1S/C40H54O27/c1-15(41)52-12-26-29(55-18(4)44)32(57-20(6)46)35(60-23(9)49)39(64-26)66-31-28(14-54-17(3)43)63-38(62-25(11)51)37(34(31)59-22(8)48)67-40-36(61-24(10)50)33(58-21(7)47)30(56-19(5)45)27(65-40)13-53-16(2)42/h26-40H,12-14H2,1-11H3/t26-,27+,28+,29-,30+,31+,32+,33-,34-,35-,36+,37+,38+,39+,40-/m1/s1. The van der Waals surface area contributed by atoms with Crippen molar-refractivity contribution in [2.24, 2.45) is 0 Å². The van der Waals surface area contributed by atoms with Crippen molar-refractivity contribution in [3.05, 3.63) is 0 Å². The van der Waals surface area contributed by atoms with Gasteiger partial charge >= 0.3 is 65.7 Å². The van der Waals surface area contributed by atoms with Gasteiger partial charge in [-0.3, -0.25) is 52.7 Å². The van der Waals surface area contributed by atoms with E-state index in [4.69, 9.17) is 75.8 Å². The van der Waals surface area contributed by atoms with Crippen LogP contribution < -0.4 is 0 Å². The van der Waals surface area contributed by atoms with Crippen molar-refractivity contribution in [3.8, 4) is 0 Å². The Hall–Kier alpha value is -6.03. The molecule has 0 N–H and O–H groups in total. The lowest BCUT2D eigenvalue weighted by atomic mass is 9.95. The maximum atomic E-state index is 13.1. The van der Waals surface area contributed by atoms with E-state index in [-0.39, 0.29) is 0 Å². The highest BCUT2D eigenvalue weighted by molar-refractivity contribution is 5.70. The van der Waals surface area contributed by atoms with Crippen molar-refractivity contribution in [1.29, 1.82) is 0 Å². The summed E-state index contributed by atoms with van der Waals surface area (Å²) in [5, 5.41) is 0. The molecule has 3 aliphatic rings. The van der Waals surface area contributed by atoms with Crippen LogP contribution in [0.5, 0.6) is 0 Å². The predicted octanol–water partition coefficient (Wildman–Crippen LogP) is -1.29. The van der Waals surface area contributed by atoms with Gasteiger partial charge in [0.2, 0.25) is 6.29 Å². The Labute approximate surface area is 382 Å². The van der Waals surface area contributed by atoms with Crippen molar-refractivity contribution in [2.45, 2.75) is 168 Å². The molecule has 3 rings (SSSR count). The minimum absolute atomic E-state index is 0.702. The van der Waals surface area contributed by atoms with Crippen LogP contribution in [0.4, 0.5) is 0 Å². The summed E-state index contributed by atoms with van der Waals surface area (Å²) in [6.07, 6.45) is -27.6. The summed E-state index contributed by atoms with van der Waals surface area (Å²) in [4.78, 5) is 137. The number of hydrogen-bond acceptors (Lipinski definition) is 27. The highest BCUT2D eigenvalue weighted by Gasteiger charge is 2.60. The van der Waals surface area contributed by atoms with Gasteiger partial charge in [-0.2, -0.15) is 0 Å². The fourth-order valence-corrected chi connectivity index (χ4v) is 7.01. The summed E-state index contributed by atoms with van der Waals surface area (Å²) in [6, 6.07) is 0. The Morgan fingerprint density at radius 1 is 0.269 bits per heavy atom. The zero-order chi connectivity index (χ0) is 50.4. The van der Waals surface area contributed by atoms with Crippen LogP contribution >= 0.6 is 0 Å². The molecule has 0 amide bonds. The largest absolute Gasteiger partial charge is 0.463 e. The second kappa shape index (κ2) is 25.2. The van der Waals surface area contributed by atoms with E-state index in [1.165, 1.54) is 0 Å². The zero-order valence-electron chi connectivity index (χ0n) is 38.3. The Balaban J connectivity index is 2.34. The van der Waals surface area contributed by atoms with E-state index < -0.39 is 178 Å². The van der Waals surface area contributed by atoms with Crippen molar-refractivity contribution in [3.63, 3.8) is 0 Å². The van der Waals surface area contributed by atoms with E-state index in [2.05, 4.69) is 0 Å². The Kier molecular flexibility index (Phi) is 20.8. The number of carbonyl (C=O) groups is 11. The van der Waals surface area contributed by atoms with Gasteiger partial charge in [0.25, 0.3) is 0 Å². The molecular weight excluding hydrogens is 912 g/mol. The molecule has 0 unspecified atom stereocenters. The molecule has 376 valence electrons. The number of carbonyl (C=O) groups excluding carboxylic acids is 11. The van der Waals surface area contributed by atoms with Crippen LogP contribution in [-0.4, -0.2) is 178 Å². The van der Waals surface area contributed by atoms with Gasteiger partial charge in [-0.1, -0.05) is 0 Å². The van der Waals surface area contributed by atoms with E-state index in [1.54, 1.807) is 0 Å². The van der Waals surface area contributed by atoms with Gasteiger partial charge in [0, 0.05) is 76.2 Å². The zero-order valence-corrected chi connectivity index (χ0v) is 38.3. The maximum Gasteiger partial charge on any atom is 0.305 e. The van der Waals surface area contributed by atoms with Gasteiger partial charge in [0.1, 0.15) is 44.2 Å². The number of rotatable bonds is 18. The molecule has 0 bridgehead atoms. The third kappa shape index (κ3) is 17.0. The molecule has 3 aliphatic heterocycles. The molecule has 67 heavy (non-hydrogen) atoms. The maximum absolute atomic E-state index is 13.1. The Bertz CT molecular complexity index is 1850. The molecule has 0 aromatic rings. The summed E-state index contributed by atoms with van der Waals surface area (Å²) >= 11 is 0. The van der Waals surface area contributed by atoms with E-state index in [1.807, 2.05) is 0 Å². The summed E-state index contributed by atoms with van der Waals surface area (Å²) in [5.41, 5.74) is 0. The van der Waals surface area contributed by atoms with Crippen LogP contribution in [-0.2, 0) is 129 Å². The first kappa shape index (κ1) is 55.3. The highest BCUT2D eigenvalue weighted by Crippen LogP contribution is 2.38. The SMILES string of the molecule is CC(=O)OC[C@@H]1O[C@H](O[C@@H]2[C@@H](OC(C)=O)O[C@@H](COC(C)=O)[C@H](O[C@@H]3O[C@H](COC(C)=O)[C@@H](OC(C)=O)[C@H](OC(C)=O)[C@H]3OC(C)=O)[C@H]2OC(C)=O)[C@@H](OC(C)=O)[C@H](OC(C)=O)[C@H]1OC(C)=O. The molecule has 0 aromatic heterocycles. The smallest absolute Gasteiger partial charge is 0.305 e. The lowest BCUT2D eigenvalue weighted by molar-refractivity contribution is -0.383. The van der Waals surface area contributed by atoms with Crippen molar-refractivity contribution >= 4 is 65.7 Å². The van der Waals surface area contributed by atoms with Gasteiger partial charge in [-0.25, -0.2) is 0 Å². The molecular formula is C40H54O27. The first-order valence-electron chi connectivity index (χ1n) is 20.3. The van der Waals surface area contributed by atoms with E-state index >= 15 is 0 Å². The average Bonchev–Trinajstić information content (AvgIpc) is 3.17. The Morgan fingerprint density at radius 3 is 0.806 bits per heavy atom. The molecule has 27 heteroatoms. The molecule has 3 fully saturated rings. The molecule has 0 aromatic carbocycles. The van der Waals surface area contributed by atoms with Crippen molar-refractivity contribution in [1.82, 2.24) is 0 Å². The van der Waals surface area contributed by atoms with Gasteiger partial charge in [-0.15, -0.1) is 0 Å². The first-order chi connectivity index (χ1) is 31.3. The Morgan fingerprint density at radius 2 is 0.507 bits per heavy atom. The summed E-state index contributed by atoms with van der Waals surface area (Å²) in [7, 11) is 0. The minimum atomic E-state index is -2.05. The number of hydrogen-bond donors (Lipinski definition) is 0. The highest BCUT2D eigenvalue weighted by atomic mass is 16.8. The van der Waals surface area contributed by atoms with Crippen LogP contribution in [0.25, 0.3) is 0 Å². The first-order valence-corrected chi connectivity index (χ1v) is 20.3. The van der Waals surface area contributed by atoms with Gasteiger partial charge in [0.05, 0.1) is 0 Å². The summed E-state index contributed by atoms with van der Waals surface area (Å²) in [5.74, 6) is -10.7.